The summed E-state index contributed by atoms with van der Waals surface area (Å²) in [5, 5.41) is 2.87. The van der Waals surface area contributed by atoms with Crippen LogP contribution in [0.25, 0.3) is 5.70 Å². The van der Waals surface area contributed by atoms with Gasteiger partial charge >= 0.3 is 5.97 Å². The van der Waals surface area contributed by atoms with Crippen molar-refractivity contribution >= 4 is 17.6 Å². The van der Waals surface area contributed by atoms with Gasteiger partial charge in [0.2, 0.25) is 0 Å². The molecule has 1 heterocycles. The third kappa shape index (κ3) is 3.62. The first-order chi connectivity index (χ1) is 11.1. The lowest BCUT2D eigenvalue weighted by Gasteiger charge is -2.13. The maximum atomic E-state index is 12.5. The number of esters is 1. The van der Waals surface area contributed by atoms with Gasteiger partial charge in [-0.05, 0) is 24.5 Å². The van der Waals surface area contributed by atoms with Gasteiger partial charge in [0.05, 0.1) is 19.3 Å². The lowest BCUT2D eigenvalue weighted by Crippen LogP contribution is -2.25. The standard InChI is InChI=1S/C18H21NO4/c1-4-12-11-14(18(21)23-5-2)16(22-3)17(20)19-15(12)13-9-7-6-8-10-13/h6-10H,4-5,11H2,1-3H3,(H,19,20). The van der Waals surface area contributed by atoms with Gasteiger partial charge in [0.1, 0.15) is 0 Å². The summed E-state index contributed by atoms with van der Waals surface area (Å²) in [7, 11) is 1.38. The monoisotopic (exact) mass is 315 g/mol. The van der Waals surface area contributed by atoms with E-state index >= 15 is 0 Å². The van der Waals surface area contributed by atoms with Crippen LogP contribution >= 0.6 is 0 Å². The van der Waals surface area contributed by atoms with E-state index in [-0.39, 0.29) is 17.9 Å². The molecule has 0 unspecified atom stereocenters. The molecule has 0 aromatic heterocycles. The van der Waals surface area contributed by atoms with Crippen LogP contribution < -0.4 is 5.32 Å². The number of allylic oxidation sites excluding steroid dienone is 1. The van der Waals surface area contributed by atoms with Crippen LogP contribution in [0.3, 0.4) is 0 Å². The second-order valence-corrected chi connectivity index (χ2v) is 5.06. The van der Waals surface area contributed by atoms with E-state index in [2.05, 4.69) is 5.32 Å². The molecule has 1 aromatic rings. The molecule has 0 bridgehead atoms. The van der Waals surface area contributed by atoms with Crippen LogP contribution in [0, 0.1) is 0 Å². The summed E-state index contributed by atoms with van der Waals surface area (Å²) in [4.78, 5) is 24.7. The maximum Gasteiger partial charge on any atom is 0.338 e. The summed E-state index contributed by atoms with van der Waals surface area (Å²) in [6.07, 6.45) is 1.02. The van der Waals surface area contributed by atoms with Gasteiger partial charge in [0.15, 0.2) is 5.76 Å². The number of ether oxygens (including phenoxy) is 2. The zero-order valence-electron chi connectivity index (χ0n) is 13.6. The second-order valence-electron chi connectivity index (χ2n) is 5.06. The predicted molar refractivity (Wildman–Crippen MR) is 87.1 cm³/mol. The molecule has 1 aliphatic rings. The summed E-state index contributed by atoms with van der Waals surface area (Å²) < 4.78 is 10.3. The number of carbonyl (C=O) groups is 2. The molecule has 0 saturated heterocycles. The van der Waals surface area contributed by atoms with Crippen LogP contribution in [0.5, 0.6) is 0 Å². The predicted octanol–water partition coefficient (Wildman–Crippen LogP) is 2.79. The van der Waals surface area contributed by atoms with Crippen LogP contribution in [0.1, 0.15) is 32.3 Å². The van der Waals surface area contributed by atoms with E-state index in [1.165, 1.54) is 7.11 Å². The first kappa shape index (κ1) is 16.8. The molecule has 5 heteroatoms. The number of benzene rings is 1. The van der Waals surface area contributed by atoms with Gasteiger partial charge in [-0.15, -0.1) is 0 Å². The molecule has 1 aliphatic heterocycles. The van der Waals surface area contributed by atoms with Gasteiger partial charge in [-0.3, -0.25) is 4.79 Å². The largest absolute Gasteiger partial charge is 0.491 e. The fourth-order valence-electron chi connectivity index (χ4n) is 2.56. The van der Waals surface area contributed by atoms with Crippen LogP contribution in [0.2, 0.25) is 0 Å². The van der Waals surface area contributed by atoms with Crippen LogP contribution in [0.4, 0.5) is 0 Å². The molecule has 1 aromatic carbocycles. The Morgan fingerprint density at radius 2 is 1.91 bits per heavy atom. The minimum atomic E-state index is -0.514. The lowest BCUT2D eigenvalue weighted by atomic mass is 9.98. The Balaban J connectivity index is 2.50. The molecule has 1 amide bonds. The molecule has 2 rings (SSSR count). The zero-order chi connectivity index (χ0) is 16.8. The highest BCUT2D eigenvalue weighted by Gasteiger charge is 2.29. The number of hydrogen-bond acceptors (Lipinski definition) is 4. The Kier molecular flexibility index (Phi) is 5.57. The highest BCUT2D eigenvalue weighted by atomic mass is 16.5. The van der Waals surface area contributed by atoms with Crippen molar-refractivity contribution in [2.24, 2.45) is 0 Å². The smallest absolute Gasteiger partial charge is 0.338 e. The van der Waals surface area contributed by atoms with Gasteiger partial charge in [-0.25, -0.2) is 4.79 Å². The van der Waals surface area contributed by atoms with Crippen LogP contribution in [-0.4, -0.2) is 25.6 Å². The molecule has 0 atom stereocenters. The first-order valence-electron chi connectivity index (χ1n) is 7.65. The van der Waals surface area contributed by atoms with E-state index < -0.39 is 11.9 Å². The van der Waals surface area contributed by atoms with Gasteiger partial charge in [-0.2, -0.15) is 0 Å². The lowest BCUT2D eigenvalue weighted by molar-refractivity contribution is -0.139. The summed E-state index contributed by atoms with van der Waals surface area (Å²) in [6, 6.07) is 9.57. The fraction of sp³-hybridized carbons (Fsp3) is 0.333. The van der Waals surface area contributed by atoms with Gasteiger partial charge in [0, 0.05) is 12.1 Å². The van der Waals surface area contributed by atoms with Crippen molar-refractivity contribution in [2.75, 3.05) is 13.7 Å². The highest BCUT2D eigenvalue weighted by molar-refractivity contribution is 6.06. The number of methoxy groups -OCH3 is 1. The molecule has 0 aliphatic carbocycles. The van der Waals surface area contributed by atoms with Gasteiger partial charge in [-0.1, -0.05) is 37.3 Å². The number of amides is 1. The molecule has 0 spiro atoms. The summed E-state index contributed by atoms with van der Waals surface area (Å²) in [6.45, 7) is 3.97. The Labute approximate surface area is 136 Å². The van der Waals surface area contributed by atoms with Crippen molar-refractivity contribution in [3.05, 3.63) is 52.8 Å². The number of rotatable bonds is 5. The number of nitrogens with one attached hydrogen (secondary N) is 1. The first-order valence-corrected chi connectivity index (χ1v) is 7.65. The highest BCUT2D eigenvalue weighted by Crippen LogP contribution is 2.29. The quantitative estimate of drug-likeness (QED) is 0.849. The van der Waals surface area contributed by atoms with Crippen molar-refractivity contribution in [1.82, 2.24) is 5.32 Å². The minimum absolute atomic E-state index is 0.0142. The normalized spacial score (nSPS) is 15.2. The summed E-state index contributed by atoms with van der Waals surface area (Å²) in [5.74, 6) is -0.932. The van der Waals surface area contributed by atoms with E-state index in [0.717, 1.165) is 16.8 Å². The Hall–Kier alpha value is -2.56. The van der Waals surface area contributed by atoms with Crippen molar-refractivity contribution in [3.8, 4) is 0 Å². The third-order valence-corrected chi connectivity index (χ3v) is 3.68. The SMILES string of the molecule is CCOC(=O)C1=C(OC)C(=O)NC(c2ccccc2)=C(CC)C1. The molecule has 5 nitrogen and oxygen atoms in total. The van der Waals surface area contributed by atoms with E-state index in [1.54, 1.807) is 6.92 Å². The minimum Gasteiger partial charge on any atom is -0.491 e. The Bertz CT molecular complexity index is 659. The average Bonchev–Trinajstić information content (AvgIpc) is 2.71. The maximum absolute atomic E-state index is 12.5. The van der Waals surface area contributed by atoms with Gasteiger partial charge < -0.3 is 14.8 Å². The van der Waals surface area contributed by atoms with Crippen molar-refractivity contribution < 1.29 is 19.1 Å². The van der Waals surface area contributed by atoms with Crippen molar-refractivity contribution in [3.63, 3.8) is 0 Å². The van der Waals surface area contributed by atoms with E-state index in [9.17, 15) is 9.59 Å². The Morgan fingerprint density at radius 3 is 2.48 bits per heavy atom. The van der Waals surface area contributed by atoms with E-state index in [1.807, 2.05) is 37.3 Å². The molecule has 0 saturated carbocycles. The fourth-order valence-corrected chi connectivity index (χ4v) is 2.56. The third-order valence-electron chi connectivity index (χ3n) is 3.68. The second kappa shape index (κ2) is 7.63. The number of carbonyl (C=O) groups excluding carboxylic acids is 2. The van der Waals surface area contributed by atoms with Crippen LogP contribution in [0.15, 0.2) is 47.2 Å². The molecule has 122 valence electrons. The number of hydrogen-bond donors (Lipinski definition) is 1. The summed E-state index contributed by atoms with van der Waals surface area (Å²) in [5.41, 5.74) is 2.85. The molecular weight excluding hydrogens is 294 g/mol. The van der Waals surface area contributed by atoms with Crippen LogP contribution in [-0.2, 0) is 19.1 Å². The molecule has 0 fully saturated rings. The van der Waals surface area contributed by atoms with Crippen molar-refractivity contribution in [2.45, 2.75) is 26.7 Å². The molecular formula is C18H21NO4. The molecule has 23 heavy (non-hydrogen) atoms. The van der Waals surface area contributed by atoms with E-state index in [0.29, 0.717) is 12.8 Å². The Morgan fingerprint density at radius 1 is 1.22 bits per heavy atom. The van der Waals surface area contributed by atoms with Gasteiger partial charge in [0.25, 0.3) is 5.91 Å². The average molecular weight is 315 g/mol. The summed E-state index contributed by atoms with van der Waals surface area (Å²) >= 11 is 0. The zero-order valence-corrected chi connectivity index (χ0v) is 13.6. The molecule has 1 N–H and O–H groups in total. The van der Waals surface area contributed by atoms with E-state index in [4.69, 9.17) is 9.47 Å². The topological polar surface area (TPSA) is 64.6 Å². The van der Waals surface area contributed by atoms with Crippen molar-refractivity contribution in [1.29, 1.82) is 0 Å². The molecule has 0 radical (unpaired) electrons.